The minimum absolute atomic E-state index is 0.00117. The summed E-state index contributed by atoms with van der Waals surface area (Å²) >= 11 is 0. The molecule has 0 saturated carbocycles. The van der Waals surface area contributed by atoms with Crippen LogP contribution in [-0.2, 0) is 18.7 Å². The molecular weight excluding hydrogens is 320 g/mol. The molecule has 142 valence electrons. The maximum Gasteiger partial charge on any atom is 0.192 e. The van der Waals surface area contributed by atoms with Gasteiger partial charge in [-0.15, -0.1) is 0 Å². The van der Waals surface area contributed by atoms with E-state index in [1.165, 1.54) is 12.8 Å². The average Bonchev–Trinajstić information content (AvgIpc) is 2.72. The van der Waals surface area contributed by atoms with Crippen LogP contribution in [0, 0.1) is 0 Å². The van der Waals surface area contributed by atoms with E-state index < -0.39 is 14.1 Å². The highest BCUT2D eigenvalue weighted by molar-refractivity contribution is 6.74. The Morgan fingerprint density at radius 2 is 1.83 bits per heavy atom. The van der Waals surface area contributed by atoms with E-state index in [4.69, 9.17) is 13.9 Å². The molecule has 0 N–H and O–H groups in total. The van der Waals surface area contributed by atoms with Crippen molar-refractivity contribution in [1.29, 1.82) is 0 Å². The largest absolute Gasteiger partial charge is 0.411 e. The normalized spacial score (nSPS) is 25.7. The lowest BCUT2D eigenvalue weighted by molar-refractivity contribution is -0.155. The molecule has 0 spiro atoms. The van der Waals surface area contributed by atoms with E-state index in [9.17, 15) is 4.79 Å². The van der Waals surface area contributed by atoms with E-state index in [1.807, 2.05) is 13.8 Å². The number of hydrogen-bond donors (Lipinski definition) is 0. The zero-order chi connectivity index (χ0) is 18.6. The smallest absolute Gasteiger partial charge is 0.192 e. The summed E-state index contributed by atoms with van der Waals surface area (Å²) in [6.07, 6.45) is 5.36. The van der Waals surface area contributed by atoms with Crippen LogP contribution in [0.3, 0.4) is 0 Å². The van der Waals surface area contributed by atoms with Crippen molar-refractivity contribution in [3.8, 4) is 0 Å². The Kier molecular flexibility index (Phi) is 7.66. The molecule has 24 heavy (non-hydrogen) atoms. The van der Waals surface area contributed by atoms with Gasteiger partial charge in [-0.3, -0.25) is 0 Å². The van der Waals surface area contributed by atoms with Gasteiger partial charge in [0.15, 0.2) is 14.1 Å². The quantitative estimate of drug-likeness (QED) is 0.328. The van der Waals surface area contributed by atoms with Crippen molar-refractivity contribution in [2.45, 2.75) is 116 Å². The number of carbonyl (C=O) groups is 1. The predicted molar refractivity (Wildman–Crippen MR) is 101 cm³/mol. The summed E-state index contributed by atoms with van der Waals surface area (Å²) in [5.41, 5.74) is 0. The van der Waals surface area contributed by atoms with Crippen LogP contribution >= 0.6 is 0 Å². The summed E-state index contributed by atoms with van der Waals surface area (Å²) in [5, 5.41) is 0.0980. The van der Waals surface area contributed by atoms with Gasteiger partial charge in [-0.1, -0.05) is 47.0 Å². The third-order valence-electron chi connectivity index (χ3n) is 5.26. The van der Waals surface area contributed by atoms with Crippen molar-refractivity contribution in [1.82, 2.24) is 0 Å². The van der Waals surface area contributed by atoms with E-state index in [0.717, 1.165) is 19.1 Å². The SMILES string of the molecule is CCCCC[C@H]1OC(C)(C)O[C@H]1[C@H](CC=O)O[Si](C)(C)C(C)(C)C. The number of ether oxygens (including phenoxy) is 2. The second-order valence-corrected chi connectivity index (χ2v) is 13.7. The van der Waals surface area contributed by atoms with Crippen LogP contribution in [0.15, 0.2) is 0 Å². The molecule has 1 saturated heterocycles. The molecule has 1 aliphatic heterocycles. The van der Waals surface area contributed by atoms with Crippen LogP contribution in [0.5, 0.6) is 0 Å². The Morgan fingerprint density at radius 3 is 2.33 bits per heavy atom. The first-order valence-corrected chi connectivity index (χ1v) is 12.3. The third-order valence-corrected chi connectivity index (χ3v) is 9.77. The number of carbonyl (C=O) groups excluding carboxylic acids is 1. The molecule has 0 aromatic rings. The molecule has 0 unspecified atom stereocenters. The molecule has 0 aromatic heterocycles. The number of rotatable bonds is 9. The van der Waals surface area contributed by atoms with Gasteiger partial charge in [-0.05, 0) is 38.4 Å². The topological polar surface area (TPSA) is 44.8 Å². The van der Waals surface area contributed by atoms with E-state index in [2.05, 4.69) is 40.8 Å². The first-order chi connectivity index (χ1) is 10.9. The molecule has 0 aromatic carbocycles. The molecule has 1 aliphatic rings. The standard InChI is InChI=1S/C19H38O4Si/c1-9-10-11-12-15-17(22-19(5,6)21-15)16(13-14-20)23-24(7,8)18(2,3)4/h14-17H,9-13H2,1-8H3/t15-,16+,17-/m1/s1. The monoisotopic (exact) mass is 358 g/mol. The van der Waals surface area contributed by atoms with Crippen molar-refractivity contribution in [3.05, 3.63) is 0 Å². The molecule has 0 amide bonds. The Labute approximate surface area is 149 Å². The molecule has 0 bridgehead atoms. The summed E-state index contributed by atoms with van der Waals surface area (Å²) in [6, 6.07) is 0. The summed E-state index contributed by atoms with van der Waals surface area (Å²) < 4.78 is 18.9. The minimum atomic E-state index is -1.98. The fourth-order valence-electron chi connectivity index (χ4n) is 2.90. The average molecular weight is 359 g/mol. The van der Waals surface area contributed by atoms with Crippen molar-refractivity contribution in [2.75, 3.05) is 0 Å². The second-order valence-electron chi connectivity index (χ2n) is 8.95. The summed E-state index contributed by atoms with van der Waals surface area (Å²) in [4.78, 5) is 11.3. The maximum absolute atomic E-state index is 11.3. The number of aldehydes is 1. The van der Waals surface area contributed by atoms with Crippen molar-refractivity contribution in [3.63, 3.8) is 0 Å². The van der Waals surface area contributed by atoms with Gasteiger partial charge in [0.25, 0.3) is 0 Å². The Morgan fingerprint density at radius 1 is 1.21 bits per heavy atom. The maximum atomic E-state index is 11.3. The molecule has 4 nitrogen and oxygen atoms in total. The third kappa shape index (κ3) is 5.94. The minimum Gasteiger partial charge on any atom is -0.411 e. The zero-order valence-electron chi connectivity index (χ0n) is 17.0. The lowest BCUT2D eigenvalue weighted by Gasteiger charge is -2.40. The lowest BCUT2D eigenvalue weighted by atomic mass is 10.0. The molecule has 0 radical (unpaired) electrons. The summed E-state index contributed by atoms with van der Waals surface area (Å²) in [7, 11) is -1.98. The molecule has 1 fully saturated rings. The van der Waals surface area contributed by atoms with Crippen molar-refractivity contribution in [2.24, 2.45) is 0 Å². The first kappa shape index (κ1) is 21.8. The fourth-order valence-corrected chi connectivity index (χ4v) is 4.24. The van der Waals surface area contributed by atoms with E-state index >= 15 is 0 Å². The van der Waals surface area contributed by atoms with E-state index in [1.54, 1.807) is 0 Å². The predicted octanol–water partition coefficient (Wildman–Crippen LogP) is 5.07. The Balaban J connectivity index is 2.92. The molecule has 1 rings (SSSR count). The number of unbranched alkanes of at least 4 members (excludes halogenated alkanes) is 2. The zero-order valence-corrected chi connectivity index (χ0v) is 18.0. The van der Waals surface area contributed by atoms with Gasteiger partial charge in [-0.2, -0.15) is 0 Å². The van der Waals surface area contributed by atoms with Crippen LogP contribution in [0.2, 0.25) is 18.1 Å². The van der Waals surface area contributed by atoms with E-state index in [0.29, 0.717) is 6.42 Å². The highest BCUT2D eigenvalue weighted by Gasteiger charge is 2.48. The lowest BCUT2D eigenvalue weighted by Crippen LogP contribution is -2.49. The van der Waals surface area contributed by atoms with Gasteiger partial charge in [0.2, 0.25) is 0 Å². The van der Waals surface area contributed by atoms with Crippen LogP contribution in [-0.4, -0.2) is 38.7 Å². The van der Waals surface area contributed by atoms with Gasteiger partial charge in [0.1, 0.15) is 12.4 Å². The summed E-state index contributed by atoms with van der Waals surface area (Å²) in [6.45, 7) is 17.2. The fraction of sp³-hybridized carbons (Fsp3) is 0.947. The van der Waals surface area contributed by atoms with Crippen molar-refractivity contribution >= 4 is 14.6 Å². The van der Waals surface area contributed by atoms with Crippen LogP contribution < -0.4 is 0 Å². The van der Waals surface area contributed by atoms with Crippen molar-refractivity contribution < 1.29 is 18.7 Å². The Hall–Kier alpha value is -0.233. The van der Waals surface area contributed by atoms with Crippen LogP contribution in [0.25, 0.3) is 0 Å². The van der Waals surface area contributed by atoms with Gasteiger partial charge in [0, 0.05) is 6.42 Å². The van der Waals surface area contributed by atoms with Crippen LogP contribution in [0.1, 0.15) is 73.6 Å². The molecule has 5 heteroatoms. The molecule has 3 atom stereocenters. The highest BCUT2D eigenvalue weighted by atomic mass is 28.4. The van der Waals surface area contributed by atoms with E-state index in [-0.39, 0.29) is 23.4 Å². The first-order valence-electron chi connectivity index (χ1n) is 9.40. The van der Waals surface area contributed by atoms with Gasteiger partial charge < -0.3 is 18.7 Å². The summed E-state index contributed by atoms with van der Waals surface area (Å²) in [5.74, 6) is -0.612. The second kappa shape index (κ2) is 8.43. The highest BCUT2D eigenvalue weighted by Crippen LogP contribution is 2.40. The van der Waals surface area contributed by atoms with Gasteiger partial charge >= 0.3 is 0 Å². The Bertz CT molecular complexity index is 401. The molecule has 0 aliphatic carbocycles. The van der Waals surface area contributed by atoms with Gasteiger partial charge in [-0.25, -0.2) is 0 Å². The molecule has 1 heterocycles. The van der Waals surface area contributed by atoms with Crippen LogP contribution in [0.4, 0.5) is 0 Å². The van der Waals surface area contributed by atoms with Gasteiger partial charge in [0.05, 0.1) is 12.2 Å². The molecular formula is C19H38O4Si. The number of hydrogen-bond acceptors (Lipinski definition) is 4.